The first-order valence-corrected chi connectivity index (χ1v) is 9.07. The minimum absolute atomic E-state index is 0.0362. The Morgan fingerprint density at radius 3 is 2.72 bits per heavy atom. The SMILES string of the molecule is O=C(C1CC1)N1CC2CCN(Cc3ccc(F)cc3F)CC2(CO)C1. The normalized spacial score (nSPS) is 29.7. The molecule has 2 aliphatic heterocycles. The van der Waals surface area contributed by atoms with Gasteiger partial charge in [-0.3, -0.25) is 9.69 Å². The maximum atomic E-state index is 13.9. The molecule has 25 heavy (non-hydrogen) atoms. The Kier molecular flexibility index (Phi) is 4.28. The highest BCUT2D eigenvalue weighted by Gasteiger charge is 2.51. The summed E-state index contributed by atoms with van der Waals surface area (Å²) in [6, 6.07) is 3.67. The van der Waals surface area contributed by atoms with Gasteiger partial charge in [0.25, 0.3) is 0 Å². The zero-order valence-electron chi connectivity index (χ0n) is 14.3. The molecule has 1 saturated carbocycles. The zero-order chi connectivity index (χ0) is 17.6. The third-order valence-electron chi connectivity index (χ3n) is 6.11. The summed E-state index contributed by atoms with van der Waals surface area (Å²) < 4.78 is 27.0. The lowest BCUT2D eigenvalue weighted by Crippen LogP contribution is -2.50. The van der Waals surface area contributed by atoms with Crippen molar-refractivity contribution in [3.63, 3.8) is 0 Å². The highest BCUT2D eigenvalue weighted by molar-refractivity contribution is 5.81. The Morgan fingerprint density at radius 2 is 2.04 bits per heavy atom. The number of halogens is 2. The van der Waals surface area contributed by atoms with E-state index in [9.17, 15) is 18.7 Å². The number of piperidine rings is 1. The molecule has 2 unspecified atom stereocenters. The third-order valence-corrected chi connectivity index (χ3v) is 6.11. The number of amides is 1. The number of hydrogen-bond donors (Lipinski definition) is 1. The van der Waals surface area contributed by atoms with Crippen LogP contribution >= 0.6 is 0 Å². The summed E-state index contributed by atoms with van der Waals surface area (Å²) in [7, 11) is 0. The summed E-state index contributed by atoms with van der Waals surface area (Å²) in [5.74, 6) is -0.373. The molecule has 4 nitrogen and oxygen atoms in total. The van der Waals surface area contributed by atoms with E-state index in [2.05, 4.69) is 4.90 Å². The maximum absolute atomic E-state index is 13.9. The molecule has 6 heteroatoms. The Labute approximate surface area is 146 Å². The highest BCUT2D eigenvalue weighted by atomic mass is 19.1. The van der Waals surface area contributed by atoms with Crippen LogP contribution in [-0.2, 0) is 11.3 Å². The molecule has 2 heterocycles. The number of nitrogens with zero attached hydrogens (tertiary/aromatic N) is 2. The fraction of sp³-hybridized carbons (Fsp3) is 0.632. The van der Waals surface area contributed by atoms with Gasteiger partial charge in [0.05, 0.1) is 6.61 Å². The fourth-order valence-electron chi connectivity index (χ4n) is 4.48. The van der Waals surface area contributed by atoms with Crippen LogP contribution in [0.25, 0.3) is 0 Å². The highest BCUT2D eigenvalue weighted by Crippen LogP contribution is 2.44. The van der Waals surface area contributed by atoms with Crippen LogP contribution < -0.4 is 0 Å². The lowest BCUT2D eigenvalue weighted by atomic mass is 9.74. The lowest BCUT2D eigenvalue weighted by molar-refractivity contribution is -0.132. The van der Waals surface area contributed by atoms with Crippen LogP contribution in [-0.4, -0.2) is 53.6 Å². The van der Waals surface area contributed by atoms with Gasteiger partial charge >= 0.3 is 0 Å². The standard InChI is InChI=1S/C19H24F2N2O2/c20-16-4-3-14(17(21)7-16)8-22-6-5-15-9-23(18(25)13-1-2-13)11-19(15,10-22)12-24/h3-4,7,13,15,24H,1-2,5-6,8-12H2. The van der Waals surface area contributed by atoms with Gasteiger partial charge in [-0.25, -0.2) is 8.78 Å². The Hall–Kier alpha value is -1.53. The number of fused-ring (bicyclic) bond motifs is 1. The average molecular weight is 350 g/mol. The van der Waals surface area contributed by atoms with Gasteiger partial charge in [0.2, 0.25) is 5.91 Å². The lowest BCUT2D eigenvalue weighted by Gasteiger charge is -2.43. The molecule has 3 fully saturated rings. The van der Waals surface area contributed by atoms with Gasteiger partial charge in [-0.1, -0.05) is 6.07 Å². The molecule has 1 amide bonds. The van der Waals surface area contributed by atoms with Crippen molar-refractivity contribution in [2.45, 2.75) is 25.8 Å². The van der Waals surface area contributed by atoms with Crippen LogP contribution in [0.1, 0.15) is 24.8 Å². The summed E-state index contributed by atoms with van der Waals surface area (Å²) in [6.45, 7) is 3.19. The molecule has 1 aromatic rings. The van der Waals surface area contributed by atoms with Crippen LogP contribution in [0, 0.1) is 28.9 Å². The first-order valence-electron chi connectivity index (χ1n) is 9.07. The monoisotopic (exact) mass is 350 g/mol. The number of benzene rings is 1. The second-order valence-electron chi connectivity index (χ2n) is 7.95. The molecule has 4 rings (SSSR count). The van der Waals surface area contributed by atoms with E-state index in [1.54, 1.807) is 0 Å². The third kappa shape index (κ3) is 3.17. The number of aliphatic hydroxyl groups excluding tert-OH is 1. The van der Waals surface area contributed by atoms with E-state index in [0.717, 1.165) is 38.4 Å². The molecule has 0 spiro atoms. The summed E-state index contributed by atoms with van der Waals surface area (Å²) in [5.41, 5.74) is 0.149. The molecule has 3 aliphatic rings. The van der Waals surface area contributed by atoms with E-state index in [-0.39, 0.29) is 23.8 Å². The van der Waals surface area contributed by atoms with Crippen molar-refractivity contribution < 1.29 is 18.7 Å². The number of hydrogen-bond acceptors (Lipinski definition) is 3. The summed E-state index contributed by atoms with van der Waals surface area (Å²) >= 11 is 0. The predicted molar refractivity (Wildman–Crippen MR) is 88.6 cm³/mol. The first kappa shape index (κ1) is 16.9. The van der Waals surface area contributed by atoms with Crippen LogP contribution in [0.3, 0.4) is 0 Å². The van der Waals surface area contributed by atoms with Crippen molar-refractivity contribution in [3.8, 4) is 0 Å². The number of carbonyl (C=O) groups excluding carboxylic acids is 1. The molecule has 0 bridgehead atoms. The summed E-state index contributed by atoms with van der Waals surface area (Å²) in [4.78, 5) is 16.5. The summed E-state index contributed by atoms with van der Waals surface area (Å²) in [6.07, 6.45) is 2.86. The van der Waals surface area contributed by atoms with E-state index < -0.39 is 11.6 Å². The number of aliphatic hydroxyl groups is 1. The van der Waals surface area contributed by atoms with Gasteiger partial charge in [0.15, 0.2) is 0 Å². The van der Waals surface area contributed by atoms with Gasteiger partial charge in [-0.2, -0.15) is 0 Å². The molecular formula is C19H24F2N2O2. The Morgan fingerprint density at radius 1 is 1.24 bits per heavy atom. The topological polar surface area (TPSA) is 43.8 Å². The molecule has 136 valence electrons. The van der Waals surface area contributed by atoms with E-state index in [1.807, 2.05) is 4.90 Å². The first-order chi connectivity index (χ1) is 12.0. The van der Waals surface area contributed by atoms with Crippen molar-refractivity contribution >= 4 is 5.91 Å². The molecule has 2 saturated heterocycles. The predicted octanol–water partition coefficient (Wildman–Crippen LogP) is 2.02. The molecule has 1 N–H and O–H groups in total. The van der Waals surface area contributed by atoms with E-state index in [0.29, 0.717) is 31.1 Å². The molecule has 1 aromatic carbocycles. The molecule has 0 aromatic heterocycles. The smallest absolute Gasteiger partial charge is 0.225 e. The van der Waals surface area contributed by atoms with E-state index in [4.69, 9.17) is 0 Å². The molecule has 2 atom stereocenters. The van der Waals surface area contributed by atoms with Crippen molar-refractivity contribution in [1.29, 1.82) is 0 Å². The number of carbonyl (C=O) groups is 1. The van der Waals surface area contributed by atoms with Gasteiger partial charge < -0.3 is 10.0 Å². The Bertz CT molecular complexity index is 679. The number of likely N-dealkylation sites (tertiary alicyclic amines) is 2. The van der Waals surface area contributed by atoms with Crippen molar-refractivity contribution in [3.05, 3.63) is 35.4 Å². The fourth-order valence-corrected chi connectivity index (χ4v) is 4.48. The van der Waals surface area contributed by atoms with Gasteiger partial charge in [-0.15, -0.1) is 0 Å². The average Bonchev–Trinajstić information content (AvgIpc) is 3.37. The second kappa shape index (κ2) is 6.32. The van der Waals surface area contributed by atoms with Crippen LogP contribution in [0.5, 0.6) is 0 Å². The van der Waals surface area contributed by atoms with Crippen molar-refractivity contribution in [1.82, 2.24) is 9.80 Å². The zero-order valence-corrected chi connectivity index (χ0v) is 14.3. The molecule has 0 radical (unpaired) electrons. The second-order valence-corrected chi connectivity index (χ2v) is 7.95. The van der Waals surface area contributed by atoms with Crippen molar-refractivity contribution in [2.75, 3.05) is 32.8 Å². The van der Waals surface area contributed by atoms with Crippen LogP contribution in [0.4, 0.5) is 8.78 Å². The molecular weight excluding hydrogens is 326 g/mol. The van der Waals surface area contributed by atoms with Gasteiger partial charge in [-0.05, 0) is 37.8 Å². The van der Waals surface area contributed by atoms with Crippen molar-refractivity contribution in [2.24, 2.45) is 17.3 Å². The van der Waals surface area contributed by atoms with Crippen LogP contribution in [0.15, 0.2) is 18.2 Å². The quantitative estimate of drug-likeness (QED) is 0.904. The van der Waals surface area contributed by atoms with Gasteiger partial charge in [0.1, 0.15) is 11.6 Å². The maximum Gasteiger partial charge on any atom is 0.225 e. The summed E-state index contributed by atoms with van der Waals surface area (Å²) in [5, 5.41) is 10.1. The Balaban J connectivity index is 1.47. The van der Waals surface area contributed by atoms with Crippen LogP contribution in [0.2, 0.25) is 0 Å². The minimum Gasteiger partial charge on any atom is -0.396 e. The number of rotatable bonds is 4. The van der Waals surface area contributed by atoms with Gasteiger partial charge in [0, 0.05) is 49.1 Å². The van der Waals surface area contributed by atoms with E-state index >= 15 is 0 Å². The van der Waals surface area contributed by atoms with E-state index in [1.165, 1.54) is 12.1 Å². The molecule has 1 aliphatic carbocycles. The largest absolute Gasteiger partial charge is 0.396 e. The minimum atomic E-state index is -0.572.